The molecule has 0 amide bonds. The van der Waals surface area contributed by atoms with Crippen molar-refractivity contribution >= 4 is 17.0 Å². The number of imidazole rings is 1. The van der Waals surface area contributed by atoms with Gasteiger partial charge in [-0.05, 0) is 24.1 Å². The van der Waals surface area contributed by atoms with Crippen LogP contribution in [-0.2, 0) is 6.42 Å². The zero-order valence-corrected chi connectivity index (χ0v) is 13.8. The summed E-state index contributed by atoms with van der Waals surface area (Å²) in [6.45, 7) is 0. The number of hydrogen-bond donors (Lipinski definition) is 1. The highest BCUT2D eigenvalue weighted by Gasteiger charge is 2.02. The first-order chi connectivity index (χ1) is 12.4. The van der Waals surface area contributed by atoms with Crippen LogP contribution in [0.1, 0.15) is 19.5 Å². The van der Waals surface area contributed by atoms with E-state index in [2.05, 4.69) is 38.1 Å². The Labute approximate surface area is 147 Å². The van der Waals surface area contributed by atoms with Crippen molar-refractivity contribution in [3.63, 3.8) is 0 Å². The molecule has 4 aromatic rings. The predicted octanol–water partition coefficient (Wildman–Crippen LogP) is 4.91. The highest BCUT2D eigenvalue weighted by molar-refractivity contribution is 5.78. The number of fused-ring (bicyclic) bond motifs is 1. The molecule has 25 heavy (non-hydrogen) atoms. The second-order valence-corrected chi connectivity index (χ2v) is 5.84. The van der Waals surface area contributed by atoms with Crippen molar-refractivity contribution in [2.75, 3.05) is 0 Å². The van der Waals surface area contributed by atoms with E-state index >= 15 is 0 Å². The summed E-state index contributed by atoms with van der Waals surface area (Å²) in [6, 6.07) is 18.2. The maximum atomic E-state index is 4.54. The van der Waals surface area contributed by atoms with Crippen LogP contribution in [0.2, 0.25) is 0 Å². The molecule has 0 spiro atoms. The number of allylic oxidation sites excluding steroid dienone is 1. The second-order valence-electron chi connectivity index (χ2n) is 5.84. The van der Waals surface area contributed by atoms with Crippen molar-refractivity contribution in [1.29, 1.82) is 0 Å². The minimum absolute atomic E-state index is 0. The molecule has 2 aromatic carbocycles. The molecule has 0 atom stereocenters. The Bertz CT molecular complexity index is 1010. The van der Waals surface area contributed by atoms with Crippen molar-refractivity contribution in [3.8, 4) is 11.3 Å². The molecule has 2 heterocycles. The molecule has 0 saturated carbocycles. The summed E-state index contributed by atoms with van der Waals surface area (Å²) in [5, 5.41) is 1.06. The zero-order chi connectivity index (χ0) is 16.9. The molecule has 0 bridgehead atoms. The van der Waals surface area contributed by atoms with Gasteiger partial charge >= 0.3 is 0 Å². The van der Waals surface area contributed by atoms with Crippen LogP contribution in [0.15, 0.2) is 73.1 Å². The highest BCUT2D eigenvalue weighted by Crippen LogP contribution is 2.16. The number of aromatic nitrogens is 4. The van der Waals surface area contributed by atoms with Gasteiger partial charge < -0.3 is 4.98 Å². The third kappa shape index (κ3) is 3.63. The average Bonchev–Trinajstić information content (AvgIpc) is 3.15. The van der Waals surface area contributed by atoms with Gasteiger partial charge in [0.2, 0.25) is 0 Å². The lowest BCUT2D eigenvalue weighted by atomic mass is 10.2. The molecule has 0 aliphatic heterocycles. The molecule has 0 saturated heterocycles. The molecule has 4 nitrogen and oxygen atoms in total. The molecule has 1 N–H and O–H groups in total. The van der Waals surface area contributed by atoms with Gasteiger partial charge in [0.25, 0.3) is 0 Å². The Morgan fingerprint density at radius 1 is 0.920 bits per heavy atom. The molecule has 4 rings (SSSR count). The first-order valence-corrected chi connectivity index (χ1v) is 8.36. The van der Waals surface area contributed by atoms with Crippen LogP contribution < -0.4 is 0 Å². The van der Waals surface area contributed by atoms with E-state index in [1.54, 1.807) is 0 Å². The van der Waals surface area contributed by atoms with Crippen LogP contribution in [0.4, 0.5) is 0 Å². The predicted molar refractivity (Wildman–Crippen MR) is 103 cm³/mol. The maximum absolute atomic E-state index is 4.54. The molecule has 0 aliphatic carbocycles. The van der Waals surface area contributed by atoms with Crippen LogP contribution >= 0.6 is 0 Å². The number of benzene rings is 2. The van der Waals surface area contributed by atoms with Gasteiger partial charge in [-0.2, -0.15) is 0 Å². The summed E-state index contributed by atoms with van der Waals surface area (Å²) < 4.78 is 0. The average molecular weight is 328 g/mol. The number of nitrogens with one attached hydrogen (secondary N) is 1. The van der Waals surface area contributed by atoms with Crippen LogP contribution in [-0.4, -0.2) is 19.9 Å². The van der Waals surface area contributed by atoms with Gasteiger partial charge in [0.15, 0.2) is 5.82 Å². The van der Waals surface area contributed by atoms with E-state index in [4.69, 9.17) is 0 Å². The smallest absolute Gasteiger partial charge is 0.152 e. The van der Waals surface area contributed by atoms with Gasteiger partial charge in [-0.15, -0.1) is 0 Å². The van der Waals surface area contributed by atoms with Crippen LogP contribution in [0.3, 0.4) is 0 Å². The molecular formula is C21H20N4. The van der Waals surface area contributed by atoms with Gasteiger partial charge in [-0.3, -0.25) is 0 Å². The van der Waals surface area contributed by atoms with Crippen LogP contribution in [0, 0.1) is 0 Å². The van der Waals surface area contributed by atoms with Gasteiger partial charge in [-0.25, -0.2) is 15.0 Å². The van der Waals surface area contributed by atoms with Gasteiger partial charge in [0.05, 0.1) is 17.4 Å². The SMILES string of the molecule is C(=C\c1ncc2ccccc2n1)/CCc1ncc(-c2ccccc2)[nH]1.[HH]. The van der Waals surface area contributed by atoms with Crippen LogP contribution in [0.25, 0.3) is 28.2 Å². The molecular weight excluding hydrogens is 308 g/mol. The topological polar surface area (TPSA) is 54.5 Å². The Morgan fingerprint density at radius 3 is 2.68 bits per heavy atom. The molecule has 124 valence electrons. The van der Waals surface area contributed by atoms with Gasteiger partial charge in [-0.1, -0.05) is 54.6 Å². The number of aromatic amines is 1. The maximum Gasteiger partial charge on any atom is 0.152 e. The third-order valence-electron chi connectivity index (χ3n) is 4.04. The summed E-state index contributed by atoms with van der Waals surface area (Å²) in [5.74, 6) is 1.73. The summed E-state index contributed by atoms with van der Waals surface area (Å²) in [6.07, 6.45) is 9.55. The van der Waals surface area contributed by atoms with E-state index in [0.29, 0.717) is 0 Å². The Balaban J connectivity index is 0.00000196. The fourth-order valence-corrected chi connectivity index (χ4v) is 2.73. The lowest BCUT2D eigenvalue weighted by Gasteiger charge is -1.98. The normalized spacial score (nSPS) is 11.4. The summed E-state index contributed by atoms with van der Waals surface area (Å²) in [5.41, 5.74) is 3.18. The van der Waals surface area contributed by atoms with Crippen LogP contribution in [0.5, 0.6) is 0 Å². The van der Waals surface area contributed by atoms with Crippen molar-refractivity contribution in [3.05, 3.63) is 84.7 Å². The summed E-state index contributed by atoms with van der Waals surface area (Å²) in [4.78, 5) is 16.7. The Morgan fingerprint density at radius 2 is 1.76 bits per heavy atom. The minimum Gasteiger partial charge on any atom is -0.342 e. The number of para-hydroxylation sites is 1. The first kappa shape index (κ1) is 15.3. The monoisotopic (exact) mass is 328 g/mol. The van der Waals surface area contributed by atoms with E-state index in [9.17, 15) is 0 Å². The van der Waals surface area contributed by atoms with Crippen molar-refractivity contribution in [1.82, 2.24) is 19.9 Å². The first-order valence-electron chi connectivity index (χ1n) is 8.36. The number of nitrogens with zero attached hydrogens (tertiary/aromatic N) is 3. The summed E-state index contributed by atoms with van der Waals surface area (Å²) >= 11 is 0. The fraction of sp³-hybridized carbons (Fsp3) is 0.0952. The van der Waals surface area contributed by atoms with E-state index in [0.717, 1.165) is 46.7 Å². The number of H-pyrrole nitrogens is 1. The third-order valence-corrected chi connectivity index (χ3v) is 4.04. The number of hydrogen-bond acceptors (Lipinski definition) is 3. The quantitative estimate of drug-likeness (QED) is 0.566. The molecule has 4 heteroatoms. The molecule has 0 aliphatic rings. The Kier molecular flexibility index (Phi) is 4.33. The Hall–Kier alpha value is -3.27. The molecule has 0 unspecified atom stereocenters. The molecule has 2 aromatic heterocycles. The molecule has 0 fully saturated rings. The van der Waals surface area contributed by atoms with E-state index in [-0.39, 0.29) is 1.43 Å². The van der Waals surface area contributed by atoms with E-state index in [1.165, 1.54) is 0 Å². The van der Waals surface area contributed by atoms with E-state index in [1.807, 2.05) is 60.9 Å². The highest BCUT2D eigenvalue weighted by atomic mass is 14.9. The minimum atomic E-state index is 0. The largest absolute Gasteiger partial charge is 0.342 e. The number of aryl methyl sites for hydroxylation is 1. The molecule has 0 radical (unpaired) electrons. The zero-order valence-electron chi connectivity index (χ0n) is 13.8. The van der Waals surface area contributed by atoms with Crippen molar-refractivity contribution in [2.45, 2.75) is 12.8 Å². The lowest BCUT2D eigenvalue weighted by molar-refractivity contribution is 0.912. The lowest BCUT2D eigenvalue weighted by Crippen LogP contribution is -1.89. The van der Waals surface area contributed by atoms with Gasteiger partial charge in [0.1, 0.15) is 5.82 Å². The number of rotatable bonds is 5. The van der Waals surface area contributed by atoms with Crippen molar-refractivity contribution < 1.29 is 1.43 Å². The fourth-order valence-electron chi connectivity index (χ4n) is 2.73. The second kappa shape index (κ2) is 7.09. The standard InChI is InChI=1S/C21H18N4.H2/c1-2-8-16(9-3-1)19-15-23-21(25-19)13-7-6-12-20-22-14-17-10-4-5-11-18(17)24-20;/h1-6,8-12,14-15H,7,13H2,(H,23,25);1H/b12-6+;. The summed E-state index contributed by atoms with van der Waals surface area (Å²) in [7, 11) is 0. The van der Waals surface area contributed by atoms with Gasteiger partial charge in [0, 0.05) is 19.4 Å². The van der Waals surface area contributed by atoms with Crippen molar-refractivity contribution in [2.24, 2.45) is 0 Å². The van der Waals surface area contributed by atoms with E-state index < -0.39 is 0 Å².